The lowest BCUT2D eigenvalue weighted by atomic mass is 9.99. The summed E-state index contributed by atoms with van der Waals surface area (Å²) >= 11 is 0. The first-order valence-electron chi connectivity index (χ1n) is 7.85. The number of hydrogen-bond acceptors (Lipinski definition) is 3. The van der Waals surface area contributed by atoms with Crippen LogP contribution in [0.5, 0.6) is 0 Å². The van der Waals surface area contributed by atoms with Crippen LogP contribution in [0.25, 0.3) is 0 Å². The third kappa shape index (κ3) is 4.21. The quantitative estimate of drug-likeness (QED) is 0.894. The zero-order chi connectivity index (χ0) is 15.4. The molecule has 4 heteroatoms. The first-order chi connectivity index (χ1) is 9.97. The van der Waals surface area contributed by atoms with Crippen LogP contribution in [-0.2, 0) is 4.79 Å². The van der Waals surface area contributed by atoms with Crippen molar-refractivity contribution in [2.45, 2.75) is 45.7 Å². The van der Waals surface area contributed by atoms with Crippen LogP contribution in [0.4, 0.5) is 5.69 Å². The van der Waals surface area contributed by atoms with Gasteiger partial charge in [0.15, 0.2) is 0 Å². The summed E-state index contributed by atoms with van der Waals surface area (Å²) in [5, 5.41) is 3.57. The van der Waals surface area contributed by atoms with E-state index in [1.807, 2.05) is 18.7 Å². The van der Waals surface area contributed by atoms with Crippen molar-refractivity contribution in [2.75, 3.05) is 18.4 Å². The van der Waals surface area contributed by atoms with Crippen molar-refractivity contribution in [3.05, 3.63) is 29.8 Å². The van der Waals surface area contributed by atoms with E-state index in [0.29, 0.717) is 6.04 Å². The zero-order valence-corrected chi connectivity index (χ0v) is 13.3. The van der Waals surface area contributed by atoms with E-state index in [9.17, 15) is 4.79 Å². The number of amides is 1. The first kappa shape index (κ1) is 15.8. The van der Waals surface area contributed by atoms with Gasteiger partial charge in [-0.1, -0.05) is 19.1 Å². The van der Waals surface area contributed by atoms with Gasteiger partial charge in [-0.15, -0.1) is 0 Å². The summed E-state index contributed by atoms with van der Waals surface area (Å²) in [6.45, 7) is 7.55. The van der Waals surface area contributed by atoms with Crippen molar-refractivity contribution in [2.24, 2.45) is 11.7 Å². The number of likely N-dealkylation sites (tertiary alicyclic amines) is 1. The van der Waals surface area contributed by atoms with Gasteiger partial charge in [-0.2, -0.15) is 0 Å². The molecule has 1 fully saturated rings. The highest BCUT2D eigenvalue weighted by Crippen LogP contribution is 2.19. The number of nitrogens with zero attached hydrogens (tertiary/aromatic N) is 1. The highest BCUT2D eigenvalue weighted by Gasteiger charge is 2.27. The number of carbonyl (C=O) groups is 1. The summed E-state index contributed by atoms with van der Waals surface area (Å²) in [6.07, 6.45) is 1.98. The topological polar surface area (TPSA) is 58.4 Å². The molecular formula is C17H27N3O. The van der Waals surface area contributed by atoms with E-state index in [2.05, 4.69) is 36.5 Å². The SMILES string of the molecule is Cc1cccc(NC2CCN(C(=O)C(C)C(C)N)CC2)c1. The van der Waals surface area contributed by atoms with Gasteiger partial charge < -0.3 is 16.0 Å². The van der Waals surface area contributed by atoms with Crippen LogP contribution < -0.4 is 11.1 Å². The summed E-state index contributed by atoms with van der Waals surface area (Å²) in [6, 6.07) is 8.79. The summed E-state index contributed by atoms with van der Waals surface area (Å²) in [5.41, 5.74) is 8.26. The van der Waals surface area contributed by atoms with Crippen LogP contribution in [-0.4, -0.2) is 36.0 Å². The molecular weight excluding hydrogens is 262 g/mol. The molecule has 3 N–H and O–H groups in total. The average molecular weight is 289 g/mol. The molecule has 2 rings (SSSR count). The van der Waals surface area contributed by atoms with Crippen molar-refractivity contribution in [1.29, 1.82) is 0 Å². The minimum atomic E-state index is -0.0914. The number of nitrogens with one attached hydrogen (secondary N) is 1. The van der Waals surface area contributed by atoms with Gasteiger partial charge >= 0.3 is 0 Å². The number of carbonyl (C=O) groups excluding carboxylic acids is 1. The average Bonchev–Trinajstić information content (AvgIpc) is 2.46. The third-order valence-corrected chi connectivity index (χ3v) is 4.37. The summed E-state index contributed by atoms with van der Waals surface area (Å²) in [7, 11) is 0. The van der Waals surface area contributed by atoms with E-state index in [4.69, 9.17) is 5.73 Å². The molecule has 1 aromatic rings. The smallest absolute Gasteiger partial charge is 0.226 e. The van der Waals surface area contributed by atoms with E-state index < -0.39 is 0 Å². The Morgan fingerprint density at radius 2 is 2.00 bits per heavy atom. The Balaban J connectivity index is 1.84. The number of piperidine rings is 1. The second-order valence-electron chi connectivity index (χ2n) is 6.26. The van der Waals surface area contributed by atoms with Crippen molar-refractivity contribution in [3.8, 4) is 0 Å². The lowest BCUT2D eigenvalue weighted by Gasteiger charge is -2.35. The minimum Gasteiger partial charge on any atom is -0.382 e. The molecule has 0 radical (unpaired) electrons. The fourth-order valence-corrected chi connectivity index (χ4v) is 2.73. The Bertz CT molecular complexity index is 479. The second kappa shape index (κ2) is 6.94. The molecule has 21 heavy (non-hydrogen) atoms. The normalized spacial score (nSPS) is 19.1. The maximum absolute atomic E-state index is 12.3. The molecule has 0 aliphatic carbocycles. The van der Waals surface area contributed by atoms with Gasteiger partial charge in [0.25, 0.3) is 0 Å². The monoisotopic (exact) mass is 289 g/mol. The summed E-state index contributed by atoms with van der Waals surface area (Å²) < 4.78 is 0. The van der Waals surface area contributed by atoms with E-state index in [1.165, 1.54) is 11.3 Å². The number of hydrogen-bond donors (Lipinski definition) is 2. The maximum atomic E-state index is 12.3. The van der Waals surface area contributed by atoms with Crippen LogP contribution >= 0.6 is 0 Å². The molecule has 0 aromatic heterocycles. The van der Waals surface area contributed by atoms with Gasteiger partial charge in [0.1, 0.15) is 0 Å². The molecule has 1 heterocycles. The molecule has 2 atom stereocenters. The number of nitrogens with two attached hydrogens (primary N) is 1. The summed E-state index contributed by atoms with van der Waals surface area (Å²) in [4.78, 5) is 14.2. The lowest BCUT2D eigenvalue weighted by molar-refractivity contribution is -0.136. The molecule has 4 nitrogen and oxygen atoms in total. The van der Waals surface area contributed by atoms with Crippen molar-refractivity contribution >= 4 is 11.6 Å². The Morgan fingerprint density at radius 3 is 2.57 bits per heavy atom. The van der Waals surface area contributed by atoms with Gasteiger partial charge in [-0.3, -0.25) is 4.79 Å². The van der Waals surface area contributed by atoms with Gasteiger partial charge in [0.05, 0.1) is 5.92 Å². The summed E-state index contributed by atoms with van der Waals surface area (Å²) in [5.74, 6) is 0.102. The minimum absolute atomic E-state index is 0.0827. The first-order valence-corrected chi connectivity index (χ1v) is 7.85. The number of aryl methyl sites for hydroxylation is 1. The van der Waals surface area contributed by atoms with Gasteiger partial charge in [0.2, 0.25) is 5.91 Å². The van der Waals surface area contributed by atoms with Crippen molar-refractivity contribution < 1.29 is 4.79 Å². The third-order valence-electron chi connectivity index (χ3n) is 4.37. The lowest BCUT2D eigenvalue weighted by Crippen LogP contribution is -2.47. The van der Waals surface area contributed by atoms with Gasteiger partial charge in [0, 0.05) is 30.9 Å². The molecule has 1 aliphatic heterocycles. The van der Waals surface area contributed by atoms with E-state index in [0.717, 1.165) is 25.9 Å². The molecule has 1 saturated heterocycles. The maximum Gasteiger partial charge on any atom is 0.226 e. The Kier molecular flexibility index (Phi) is 5.23. The van der Waals surface area contributed by atoms with Crippen LogP contribution in [0, 0.1) is 12.8 Å². The highest BCUT2D eigenvalue weighted by atomic mass is 16.2. The van der Waals surface area contributed by atoms with Crippen molar-refractivity contribution in [3.63, 3.8) is 0 Å². The predicted molar refractivity (Wildman–Crippen MR) is 87.2 cm³/mol. The fourth-order valence-electron chi connectivity index (χ4n) is 2.73. The molecule has 1 amide bonds. The van der Waals surface area contributed by atoms with Crippen LogP contribution in [0.3, 0.4) is 0 Å². The molecule has 0 spiro atoms. The molecule has 1 aliphatic rings. The molecule has 2 unspecified atom stereocenters. The van der Waals surface area contributed by atoms with Crippen molar-refractivity contribution in [1.82, 2.24) is 4.90 Å². The van der Waals surface area contributed by atoms with Crippen LogP contribution in [0.15, 0.2) is 24.3 Å². The van der Waals surface area contributed by atoms with Gasteiger partial charge in [-0.25, -0.2) is 0 Å². The van der Waals surface area contributed by atoms with Gasteiger partial charge in [-0.05, 0) is 44.4 Å². The number of benzene rings is 1. The zero-order valence-electron chi connectivity index (χ0n) is 13.3. The fraction of sp³-hybridized carbons (Fsp3) is 0.588. The Hall–Kier alpha value is -1.55. The number of rotatable bonds is 4. The van der Waals surface area contributed by atoms with E-state index in [-0.39, 0.29) is 17.9 Å². The van der Waals surface area contributed by atoms with Crippen LogP contribution in [0.1, 0.15) is 32.3 Å². The van der Waals surface area contributed by atoms with Crippen LogP contribution in [0.2, 0.25) is 0 Å². The van der Waals surface area contributed by atoms with E-state index in [1.54, 1.807) is 0 Å². The molecule has 1 aromatic carbocycles. The predicted octanol–water partition coefficient (Wildman–Crippen LogP) is 2.38. The Morgan fingerprint density at radius 1 is 1.33 bits per heavy atom. The molecule has 116 valence electrons. The molecule has 0 saturated carbocycles. The second-order valence-corrected chi connectivity index (χ2v) is 6.26. The largest absolute Gasteiger partial charge is 0.382 e. The molecule has 0 bridgehead atoms. The number of anilines is 1. The Labute approximate surface area is 127 Å². The van der Waals surface area contributed by atoms with E-state index >= 15 is 0 Å². The standard InChI is InChI=1S/C17H27N3O/c1-12-5-4-6-16(11-12)19-15-7-9-20(10-8-15)17(21)13(2)14(3)18/h4-6,11,13-15,19H,7-10,18H2,1-3H3. The highest BCUT2D eigenvalue weighted by molar-refractivity contribution is 5.79.